The Balaban J connectivity index is 1.95. The van der Waals surface area contributed by atoms with Crippen molar-refractivity contribution in [1.29, 1.82) is 5.26 Å². The number of amides is 1. The van der Waals surface area contributed by atoms with E-state index in [9.17, 15) is 9.59 Å². The summed E-state index contributed by atoms with van der Waals surface area (Å²) in [6.07, 6.45) is 2.00. The molecule has 0 unspecified atom stereocenters. The van der Waals surface area contributed by atoms with E-state index in [0.717, 1.165) is 12.8 Å². The van der Waals surface area contributed by atoms with E-state index in [1.165, 1.54) is 30.3 Å². The van der Waals surface area contributed by atoms with Crippen LogP contribution < -0.4 is 11.1 Å². The van der Waals surface area contributed by atoms with Gasteiger partial charge in [-0.3, -0.25) is 9.59 Å². The minimum absolute atomic E-state index is 0.0281. The lowest BCUT2D eigenvalue weighted by molar-refractivity contribution is -0.118. The fourth-order valence-corrected chi connectivity index (χ4v) is 3.67. The molecule has 0 spiro atoms. The third kappa shape index (κ3) is 4.81. The van der Waals surface area contributed by atoms with E-state index >= 15 is 4.39 Å². The molecule has 2 atom stereocenters. The first kappa shape index (κ1) is 21.0. The largest absolute Gasteiger partial charge is 0.370 e. The third-order valence-corrected chi connectivity index (χ3v) is 5.34. The predicted octanol–water partition coefficient (Wildman–Crippen LogP) is 3.89. The molecule has 3 rings (SSSR count). The van der Waals surface area contributed by atoms with Crippen LogP contribution in [0.4, 0.5) is 4.39 Å². The Hall–Kier alpha value is -2.75. The lowest BCUT2D eigenvalue weighted by Gasteiger charge is -2.24. The number of nitrogens with zero attached hydrogens (tertiary/aromatic N) is 1. The van der Waals surface area contributed by atoms with Crippen LogP contribution in [-0.4, -0.2) is 17.7 Å². The minimum Gasteiger partial charge on any atom is -0.370 e. The van der Waals surface area contributed by atoms with Crippen molar-refractivity contribution in [3.05, 3.63) is 69.5 Å². The highest BCUT2D eigenvalue weighted by Crippen LogP contribution is 2.43. The fraction of sp³-hybridized carbons (Fsp3) is 0.318. The van der Waals surface area contributed by atoms with Crippen LogP contribution in [0.1, 0.15) is 59.3 Å². The third-order valence-electron chi connectivity index (χ3n) is 5.02. The van der Waals surface area contributed by atoms with Crippen LogP contribution >= 0.6 is 11.6 Å². The molecule has 0 saturated heterocycles. The van der Waals surface area contributed by atoms with E-state index in [1.807, 2.05) is 13.0 Å². The first-order valence-corrected chi connectivity index (χ1v) is 9.76. The van der Waals surface area contributed by atoms with Gasteiger partial charge in [0.25, 0.3) is 0 Å². The van der Waals surface area contributed by atoms with Crippen LogP contribution in [0.5, 0.6) is 0 Å². The van der Waals surface area contributed by atoms with Crippen molar-refractivity contribution in [1.82, 2.24) is 5.32 Å². The summed E-state index contributed by atoms with van der Waals surface area (Å²) in [5.74, 6) is -1.42. The molecule has 1 aliphatic carbocycles. The standard InChI is InChI=1S/C22H21ClFN3O2/c1-12(10-18(26)28)27-21(14-6-7-14)16-8-9-17(23)19(20(16)24)22(29)15-4-2-13(11-25)3-5-15/h2-5,8-9,12,14,21,27H,6-7,10H2,1H3,(H2,26,28)/t12-,21-/m1/s1. The van der Waals surface area contributed by atoms with Crippen LogP contribution in [0.3, 0.4) is 0 Å². The Kier molecular flexibility index (Phi) is 6.31. The maximum Gasteiger partial charge on any atom is 0.218 e. The van der Waals surface area contributed by atoms with Gasteiger partial charge in [-0.15, -0.1) is 0 Å². The van der Waals surface area contributed by atoms with Gasteiger partial charge in [0, 0.05) is 29.6 Å². The summed E-state index contributed by atoms with van der Waals surface area (Å²) in [5, 5.41) is 12.2. The molecular formula is C22H21ClFN3O2. The van der Waals surface area contributed by atoms with Gasteiger partial charge in [0.05, 0.1) is 22.2 Å². The summed E-state index contributed by atoms with van der Waals surface area (Å²) in [6.45, 7) is 1.82. The highest BCUT2D eigenvalue weighted by molar-refractivity contribution is 6.35. The zero-order valence-corrected chi connectivity index (χ0v) is 16.7. The number of nitrogens with one attached hydrogen (secondary N) is 1. The number of rotatable bonds is 8. The molecular weight excluding hydrogens is 393 g/mol. The van der Waals surface area contributed by atoms with Crippen LogP contribution in [-0.2, 0) is 4.79 Å². The number of nitrogens with two attached hydrogens (primary N) is 1. The summed E-state index contributed by atoms with van der Waals surface area (Å²) < 4.78 is 15.5. The number of hydrogen-bond acceptors (Lipinski definition) is 4. The van der Waals surface area contributed by atoms with E-state index in [-0.39, 0.29) is 40.6 Å². The number of halogens is 2. The molecule has 2 aromatic carbocycles. The molecule has 5 nitrogen and oxygen atoms in total. The maximum atomic E-state index is 15.5. The average molecular weight is 414 g/mol. The second kappa shape index (κ2) is 8.73. The maximum absolute atomic E-state index is 15.5. The Morgan fingerprint density at radius 1 is 1.28 bits per heavy atom. The van der Waals surface area contributed by atoms with Gasteiger partial charge in [-0.25, -0.2) is 4.39 Å². The number of benzene rings is 2. The Labute approximate surface area is 173 Å². The highest BCUT2D eigenvalue weighted by Gasteiger charge is 2.36. The first-order chi connectivity index (χ1) is 13.8. The predicted molar refractivity (Wildman–Crippen MR) is 108 cm³/mol. The zero-order valence-electron chi connectivity index (χ0n) is 15.9. The smallest absolute Gasteiger partial charge is 0.218 e. The number of primary amides is 1. The molecule has 29 heavy (non-hydrogen) atoms. The average Bonchev–Trinajstić information content (AvgIpc) is 3.51. The topological polar surface area (TPSA) is 96.0 Å². The van der Waals surface area contributed by atoms with Gasteiger partial charge in [-0.2, -0.15) is 5.26 Å². The van der Waals surface area contributed by atoms with Gasteiger partial charge in [0.1, 0.15) is 5.82 Å². The van der Waals surface area contributed by atoms with Crippen LogP contribution in [0.15, 0.2) is 36.4 Å². The summed E-state index contributed by atoms with van der Waals surface area (Å²) >= 11 is 6.18. The number of nitriles is 1. The molecule has 0 bridgehead atoms. The van der Waals surface area contributed by atoms with Crippen LogP contribution in [0.2, 0.25) is 5.02 Å². The molecule has 150 valence electrons. The molecule has 1 saturated carbocycles. The summed E-state index contributed by atoms with van der Waals surface area (Å²) in [4.78, 5) is 24.1. The van der Waals surface area contributed by atoms with E-state index in [1.54, 1.807) is 6.07 Å². The molecule has 3 N–H and O–H groups in total. The monoisotopic (exact) mass is 413 g/mol. The molecule has 0 heterocycles. The number of ketones is 1. The Bertz CT molecular complexity index is 981. The SMILES string of the molecule is C[C@H](CC(N)=O)N[C@@H](c1ccc(Cl)c(C(=O)c2ccc(C#N)cc2)c1F)C1CC1. The highest BCUT2D eigenvalue weighted by atomic mass is 35.5. The van der Waals surface area contributed by atoms with Crippen molar-refractivity contribution in [2.24, 2.45) is 11.7 Å². The molecule has 7 heteroatoms. The van der Waals surface area contributed by atoms with E-state index in [0.29, 0.717) is 11.1 Å². The number of carbonyl (C=O) groups is 2. The van der Waals surface area contributed by atoms with E-state index in [2.05, 4.69) is 5.32 Å². The van der Waals surface area contributed by atoms with Gasteiger partial charge >= 0.3 is 0 Å². The van der Waals surface area contributed by atoms with Gasteiger partial charge in [0.15, 0.2) is 5.78 Å². The second-order valence-electron chi connectivity index (χ2n) is 7.40. The van der Waals surface area contributed by atoms with Crippen molar-refractivity contribution >= 4 is 23.3 Å². The molecule has 1 aliphatic rings. The lowest BCUT2D eigenvalue weighted by atomic mass is 9.94. The van der Waals surface area contributed by atoms with Crippen molar-refractivity contribution in [2.45, 2.75) is 38.3 Å². The van der Waals surface area contributed by atoms with E-state index < -0.39 is 17.5 Å². The minimum atomic E-state index is -0.664. The van der Waals surface area contributed by atoms with Gasteiger partial charge in [0.2, 0.25) is 5.91 Å². The van der Waals surface area contributed by atoms with Gasteiger partial charge in [-0.1, -0.05) is 17.7 Å². The number of hydrogen-bond donors (Lipinski definition) is 2. The van der Waals surface area contributed by atoms with Crippen LogP contribution in [0, 0.1) is 23.1 Å². The van der Waals surface area contributed by atoms with Crippen molar-refractivity contribution in [3.8, 4) is 6.07 Å². The summed E-state index contributed by atoms with van der Waals surface area (Å²) in [5.41, 5.74) is 6.08. The van der Waals surface area contributed by atoms with Crippen LogP contribution in [0.25, 0.3) is 0 Å². The number of carbonyl (C=O) groups excluding carboxylic acids is 2. The Morgan fingerprint density at radius 3 is 2.48 bits per heavy atom. The second-order valence-corrected chi connectivity index (χ2v) is 7.80. The summed E-state index contributed by atoms with van der Waals surface area (Å²) in [6, 6.07) is 10.5. The Morgan fingerprint density at radius 2 is 1.93 bits per heavy atom. The lowest BCUT2D eigenvalue weighted by Crippen LogP contribution is -2.35. The quantitative estimate of drug-likeness (QED) is 0.642. The van der Waals surface area contributed by atoms with E-state index in [4.69, 9.17) is 22.6 Å². The first-order valence-electron chi connectivity index (χ1n) is 9.39. The van der Waals surface area contributed by atoms with Crippen molar-refractivity contribution in [3.63, 3.8) is 0 Å². The zero-order chi connectivity index (χ0) is 21.1. The normalized spacial score (nSPS) is 15.4. The van der Waals surface area contributed by atoms with Gasteiger partial charge < -0.3 is 11.1 Å². The molecule has 0 aliphatic heterocycles. The molecule has 0 radical (unpaired) electrons. The molecule has 1 amide bonds. The van der Waals surface area contributed by atoms with Crippen molar-refractivity contribution < 1.29 is 14.0 Å². The summed E-state index contributed by atoms with van der Waals surface area (Å²) in [7, 11) is 0. The van der Waals surface area contributed by atoms with Gasteiger partial charge in [-0.05, 0) is 56.0 Å². The van der Waals surface area contributed by atoms with Crippen molar-refractivity contribution in [2.75, 3.05) is 0 Å². The molecule has 0 aromatic heterocycles. The fourth-order valence-electron chi connectivity index (χ4n) is 3.43. The molecule has 1 fully saturated rings. The molecule has 2 aromatic rings.